The van der Waals surface area contributed by atoms with E-state index in [-0.39, 0.29) is 39.8 Å². The standard InChI is InChI=1S/C23H17ClF3N5O3/c24-13-6-14(9-29-8-13)32-22(33)19(12-1-2-18(25)17(5-12)20(26)27)21(30(4-3-28)23(32)34)31-10-16-7-15(31)11-35-16/h1-2,5-6,8-9,15-16,20H,4,7,10-11H2/t15-,16-/m0/s1. The molecule has 3 aromatic rings. The Labute approximate surface area is 201 Å². The van der Waals surface area contributed by atoms with Crippen LogP contribution in [-0.2, 0) is 11.3 Å². The summed E-state index contributed by atoms with van der Waals surface area (Å²) < 4.78 is 48.7. The van der Waals surface area contributed by atoms with Gasteiger partial charge in [0, 0.05) is 12.7 Å². The largest absolute Gasteiger partial charge is 0.374 e. The Balaban J connectivity index is 1.88. The number of rotatable bonds is 5. The quantitative estimate of drug-likeness (QED) is 0.530. The summed E-state index contributed by atoms with van der Waals surface area (Å²) in [5.41, 5.74) is -2.63. The molecule has 5 rings (SSSR count). The van der Waals surface area contributed by atoms with Crippen molar-refractivity contribution >= 4 is 17.4 Å². The van der Waals surface area contributed by atoms with Crippen LogP contribution < -0.4 is 16.1 Å². The number of nitrogens with zero attached hydrogens (tertiary/aromatic N) is 5. The highest BCUT2D eigenvalue weighted by molar-refractivity contribution is 6.30. The zero-order valence-electron chi connectivity index (χ0n) is 18.0. The van der Waals surface area contributed by atoms with Gasteiger partial charge >= 0.3 is 5.69 Å². The van der Waals surface area contributed by atoms with Gasteiger partial charge in [-0.25, -0.2) is 22.5 Å². The normalized spacial score (nSPS) is 18.9. The average molecular weight is 504 g/mol. The summed E-state index contributed by atoms with van der Waals surface area (Å²) in [5.74, 6) is -1.01. The number of hydrogen-bond acceptors (Lipinski definition) is 6. The molecule has 2 saturated heterocycles. The Hall–Kier alpha value is -3.62. The van der Waals surface area contributed by atoms with Gasteiger partial charge in [0.05, 0.1) is 52.9 Å². The lowest BCUT2D eigenvalue weighted by Gasteiger charge is -2.32. The monoisotopic (exact) mass is 503 g/mol. The highest BCUT2D eigenvalue weighted by Gasteiger charge is 2.42. The molecular weight excluding hydrogens is 487 g/mol. The molecule has 2 atom stereocenters. The van der Waals surface area contributed by atoms with Gasteiger partial charge in [-0.15, -0.1) is 0 Å². The van der Waals surface area contributed by atoms with Gasteiger partial charge in [0.15, 0.2) is 0 Å². The molecule has 0 saturated carbocycles. The van der Waals surface area contributed by atoms with E-state index in [9.17, 15) is 28.0 Å². The minimum absolute atomic E-state index is 0.0131. The van der Waals surface area contributed by atoms with E-state index in [1.807, 2.05) is 6.07 Å². The highest BCUT2D eigenvalue weighted by Crippen LogP contribution is 2.38. The van der Waals surface area contributed by atoms with Crippen molar-refractivity contribution in [3.05, 3.63) is 73.9 Å². The molecule has 2 aliphatic heterocycles. The number of hydrogen-bond donors (Lipinski definition) is 0. The first kappa shape index (κ1) is 23.1. The second-order valence-corrected chi connectivity index (χ2v) is 8.70. The number of pyridine rings is 1. The van der Waals surface area contributed by atoms with Crippen molar-refractivity contribution in [1.82, 2.24) is 14.1 Å². The number of benzene rings is 1. The lowest BCUT2D eigenvalue weighted by molar-refractivity contribution is 0.0986. The summed E-state index contributed by atoms with van der Waals surface area (Å²) in [6, 6.07) is 6.04. The number of nitriles is 1. The first-order valence-electron chi connectivity index (χ1n) is 10.6. The molecule has 0 amide bonds. The third kappa shape index (κ3) is 3.88. The number of ether oxygens (including phenoxy) is 1. The maximum atomic E-state index is 14.1. The van der Waals surface area contributed by atoms with Gasteiger partial charge in [-0.3, -0.25) is 14.3 Å². The molecule has 2 aliphatic rings. The highest BCUT2D eigenvalue weighted by atomic mass is 35.5. The minimum Gasteiger partial charge on any atom is -0.374 e. The molecule has 12 heteroatoms. The predicted octanol–water partition coefficient (Wildman–Crippen LogP) is 3.29. The molecule has 0 unspecified atom stereocenters. The van der Waals surface area contributed by atoms with Crippen molar-refractivity contribution in [2.45, 2.75) is 31.5 Å². The minimum atomic E-state index is -3.13. The molecule has 0 spiro atoms. The Kier molecular flexibility index (Phi) is 5.86. The van der Waals surface area contributed by atoms with E-state index >= 15 is 0 Å². The van der Waals surface area contributed by atoms with Gasteiger partial charge in [0.1, 0.15) is 18.2 Å². The molecule has 0 aliphatic carbocycles. The summed E-state index contributed by atoms with van der Waals surface area (Å²) in [4.78, 5) is 33.1. The van der Waals surface area contributed by atoms with E-state index in [4.69, 9.17) is 16.3 Å². The van der Waals surface area contributed by atoms with Crippen molar-refractivity contribution in [3.63, 3.8) is 0 Å². The first-order chi connectivity index (χ1) is 16.8. The van der Waals surface area contributed by atoms with Crippen LogP contribution >= 0.6 is 11.6 Å². The Morgan fingerprint density at radius 2 is 2.06 bits per heavy atom. The van der Waals surface area contributed by atoms with E-state index in [2.05, 4.69) is 4.98 Å². The molecule has 8 nitrogen and oxygen atoms in total. The van der Waals surface area contributed by atoms with Crippen LogP contribution in [0.1, 0.15) is 18.4 Å². The molecule has 2 fully saturated rings. The molecule has 0 N–H and O–H groups in total. The van der Waals surface area contributed by atoms with E-state index in [1.54, 1.807) is 4.90 Å². The van der Waals surface area contributed by atoms with Crippen molar-refractivity contribution in [2.24, 2.45) is 0 Å². The second-order valence-electron chi connectivity index (χ2n) is 8.26. The zero-order valence-corrected chi connectivity index (χ0v) is 18.8. The van der Waals surface area contributed by atoms with Gasteiger partial charge in [0.2, 0.25) is 0 Å². The third-order valence-electron chi connectivity index (χ3n) is 6.19. The van der Waals surface area contributed by atoms with Gasteiger partial charge in [0.25, 0.3) is 12.0 Å². The molecule has 0 radical (unpaired) electrons. The Morgan fingerprint density at radius 1 is 1.26 bits per heavy atom. The molecule has 4 heterocycles. The van der Waals surface area contributed by atoms with Gasteiger partial charge in [-0.2, -0.15) is 5.26 Å². The van der Waals surface area contributed by atoms with Gasteiger partial charge in [-0.05, 0) is 30.2 Å². The van der Waals surface area contributed by atoms with Crippen molar-refractivity contribution in [2.75, 3.05) is 18.1 Å². The molecule has 1 aromatic carbocycles. The number of fused-ring (bicyclic) bond motifs is 2. The summed E-state index contributed by atoms with van der Waals surface area (Å²) >= 11 is 6.02. The van der Waals surface area contributed by atoms with Crippen LogP contribution in [0.25, 0.3) is 16.8 Å². The summed E-state index contributed by atoms with van der Waals surface area (Å²) in [5, 5.41) is 9.67. The lowest BCUT2D eigenvalue weighted by Crippen LogP contribution is -2.46. The molecule has 180 valence electrons. The number of anilines is 1. The fourth-order valence-corrected chi connectivity index (χ4v) is 4.85. The summed E-state index contributed by atoms with van der Waals surface area (Å²) in [6.07, 6.45) is -0.0558. The van der Waals surface area contributed by atoms with Crippen LogP contribution in [0.2, 0.25) is 5.02 Å². The third-order valence-corrected chi connectivity index (χ3v) is 6.39. The number of halogens is 4. The zero-order chi connectivity index (χ0) is 24.9. The first-order valence-corrected chi connectivity index (χ1v) is 11.0. The SMILES string of the molecule is N#CCn1c(N2C[C@@H]3C[C@H]2CO3)c(-c2ccc(F)c(C(F)F)c2)c(=O)n(-c2cncc(Cl)c2)c1=O. The van der Waals surface area contributed by atoms with E-state index in [1.165, 1.54) is 24.5 Å². The molecule has 2 bridgehead atoms. The fourth-order valence-electron chi connectivity index (χ4n) is 4.68. The molecule has 35 heavy (non-hydrogen) atoms. The van der Waals surface area contributed by atoms with Gasteiger partial charge in [-0.1, -0.05) is 17.7 Å². The summed E-state index contributed by atoms with van der Waals surface area (Å²) in [7, 11) is 0. The van der Waals surface area contributed by atoms with Crippen molar-refractivity contribution < 1.29 is 17.9 Å². The van der Waals surface area contributed by atoms with Crippen LogP contribution in [0.15, 0.2) is 46.2 Å². The maximum absolute atomic E-state index is 14.1. The van der Waals surface area contributed by atoms with Crippen molar-refractivity contribution in [3.8, 4) is 22.9 Å². The molecular formula is C23H17ClF3N5O3. The van der Waals surface area contributed by atoms with Crippen LogP contribution in [0, 0.1) is 17.1 Å². The smallest absolute Gasteiger partial charge is 0.338 e. The van der Waals surface area contributed by atoms with Crippen LogP contribution in [0.3, 0.4) is 0 Å². The van der Waals surface area contributed by atoms with E-state index in [0.717, 1.165) is 21.3 Å². The topological polar surface area (TPSA) is 93.2 Å². The van der Waals surface area contributed by atoms with Crippen LogP contribution in [0.4, 0.5) is 19.0 Å². The number of alkyl halides is 2. The number of morpholine rings is 1. The van der Waals surface area contributed by atoms with Crippen LogP contribution in [0.5, 0.6) is 0 Å². The van der Waals surface area contributed by atoms with Gasteiger partial charge < -0.3 is 9.64 Å². The number of aromatic nitrogens is 3. The van der Waals surface area contributed by atoms with Crippen LogP contribution in [-0.4, -0.2) is 39.4 Å². The average Bonchev–Trinajstić information content (AvgIpc) is 3.45. The van der Waals surface area contributed by atoms with E-state index in [0.29, 0.717) is 19.6 Å². The second kappa shape index (κ2) is 8.87. The van der Waals surface area contributed by atoms with E-state index < -0.39 is 35.6 Å². The van der Waals surface area contributed by atoms with Crippen molar-refractivity contribution in [1.29, 1.82) is 5.26 Å². The fraction of sp³-hybridized carbons (Fsp3) is 0.304. The Bertz CT molecular complexity index is 1480. The lowest BCUT2D eigenvalue weighted by atomic mass is 10.0. The molecule has 2 aromatic heterocycles. The summed E-state index contributed by atoms with van der Waals surface area (Å²) in [6.45, 7) is 0.262. The predicted molar refractivity (Wildman–Crippen MR) is 121 cm³/mol. The maximum Gasteiger partial charge on any atom is 0.338 e. The Morgan fingerprint density at radius 3 is 2.69 bits per heavy atom.